The van der Waals surface area contributed by atoms with E-state index in [1.54, 1.807) is 0 Å². The molecule has 1 fully saturated rings. The number of fused-ring (bicyclic) bond motifs is 1. The van der Waals surface area contributed by atoms with Crippen LogP contribution in [0.15, 0.2) is 35.2 Å². The van der Waals surface area contributed by atoms with Gasteiger partial charge in [-0.1, -0.05) is 49.2 Å². The maximum Gasteiger partial charge on any atom is 0.245 e. The second-order valence-electron chi connectivity index (χ2n) is 8.64. The number of nitrogens with one attached hydrogen (secondary N) is 1. The van der Waals surface area contributed by atoms with E-state index in [1.807, 2.05) is 38.1 Å². The Labute approximate surface area is 218 Å². The van der Waals surface area contributed by atoms with Gasteiger partial charge in [-0.25, -0.2) is 18.4 Å². The molecule has 3 N–H and O–H groups in total. The minimum Gasteiger partial charge on any atom is -0.368 e. The van der Waals surface area contributed by atoms with Gasteiger partial charge in [0, 0.05) is 31.6 Å². The van der Waals surface area contributed by atoms with Gasteiger partial charge in [0.05, 0.1) is 16.4 Å². The topological polar surface area (TPSA) is 122 Å². The highest BCUT2D eigenvalue weighted by atomic mass is 35.5. The summed E-state index contributed by atoms with van der Waals surface area (Å²) < 4.78 is 27.9. The summed E-state index contributed by atoms with van der Waals surface area (Å²) in [6.45, 7) is 5.88. The predicted octanol–water partition coefficient (Wildman–Crippen LogP) is 3.43. The van der Waals surface area contributed by atoms with Gasteiger partial charge in [0.25, 0.3) is 0 Å². The molecule has 1 atom stereocenters. The number of amides is 1. The molecule has 3 heterocycles. The van der Waals surface area contributed by atoms with Crippen LogP contribution in [0.25, 0.3) is 10.9 Å². The zero-order chi connectivity index (χ0) is 25.3. The third kappa shape index (κ3) is 5.71. The van der Waals surface area contributed by atoms with Crippen LogP contribution < -0.4 is 11.1 Å². The number of rotatable bonds is 8. The van der Waals surface area contributed by atoms with E-state index in [4.69, 9.17) is 33.9 Å². The van der Waals surface area contributed by atoms with Crippen LogP contribution in [0, 0.1) is 5.92 Å². The first kappa shape index (κ1) is 26.1. The van der Waals surface area contributed by atoms with Gasteiger partial charge in [-0.15, -0.1) is 11.3 Å². The van der Waals surface area contributed by atoms with Gasteiger partial charge in [0.1, 0.15) is 26.9 Å². The van der Waals surface area contributed by atoms with E-state index in [0.717, 1.165) is 22.2 Å². The largest absolute Gasteiger partial charge is 0.368 e. The normalized spacial score (nSPS) is 16.6. The highest BCUT2D eigenvalue weighted by Gasteiger charge is 2.31. The number of carbonyl (C=O) groups is 1. The smallest absolute Gasteiger partial charge is 0.245 e. The summed E-state index contributed by atoms with van der Waals surface area (Å²) in [5.41, 5.74) is 6.34. The highest BCUT2D eigenvalue weighted by molar-refractivity contribution is 7.89. The zero-order valence-corrected chi connectivity index (χ0v) is 22.4. The molecule has 1 aliphatic rings. The number of halogens is 2. The number of piperazine rings is 1. The molecule has 4 rings (SSSR count). The van der Waals surface area contributed by atoms with Crippen LogP contribution in [0.3, 0.4) is 0 Å². The summed E-state index contributed by atoms with van der Waals surface area (Å²) in [7, 11) is -3.72. The maximum atomic E-state index is 13.0. The van der Waals surface area contributed by atoms with Gasteiger partial charge in [0.2, 0.25) is 15.9 Å². The lowest BCUT2D eigenvalue weighted by atomic mass is 10.0. The fourth-order valence-corrected chi connectivity index (χ4v) is 7.52. The molecule has 9 nitrogen and oxygen atoms in total. The molecule has 3 aromatic rings. The van der Waals surface area contributed by atoms with Crippen molar-refractivity contribution in [1.29, 1.82) is 0 Å². The van der Waals surface area contributed by atoms with E-state index in [-0.39, 0.29) is 15.1 Å². The molecule has 0 saturated carbocycles. The fraction of sp³-hybridized carbons (Fsp3) is 0.409. The number of hydrogen-bond acceptors (Lipinski definition) is 8. The summed E-state index contributed by atoms with van der Waals surface area (Å²) in [6.07, 6.45) is 0. The van der Waals surface area contributed by atoms with Crippen LogP contribution in [-0.4, -0.2) is 65.7 Å². The summed E-state index contributed by atoms with van der Waals surface area (Å²) >= 11 is 13.1. The first-order valence-electron chi connectivity index (χ1n) is 11.0. The summed E-state index contributed by atoms with van der Waals surface area (Å²) in [5.74, 6) is 0.648. The third-order valence-electron chi connectivity index (χ3n) is 5.85. The number of nitrogens with two attached hydrogens (primary N) is 1. The second-order valence-corrected chi connectivity index (χ2v) is 12.8. The molecular weight excluding hydrogens is 531 g/mol. The van der Waals surface area contributed by atoms with Crippen LogP contribution in [0.4, 0.5) is 5.82 Å². The summed E-state index contributed by atoms with van der Waals surface area (Å²) in [6, 6.07) is 8.38. The van der Waals surface area contributed by atoms with Crippen molar-refractivity contribution in [3.8, 4) is 0 Å². The molecule has 0 unspecified atom stereocenters. The van der Waals surface area contributed by atoms with Crippen molar-refractivity contribution in [3.63, 3.8) is 0 Å². The van der Waals surface area contributed by atoms with E-state index in [0.29, 0.717) is 48.7 Å². The minimum atomic E-state index is -3.72. The van der Waals surface area contributed by atoms with Gasteiger partial charge < -0.3 is 11.1 Å². The molecule has 0 bridgehead atoms. The van der Waals surface area contributed by atoms with E-state index in [2.05, 4.69) is 15.2 Å². The molecule has 1 aromatic carbocycles. The summed E-state index contributed by atoms with van der Waals surface area (Å²) in [5, 5.41) is 3.99. The third-order valence-corrected chi connectivity index (χ3v) is 9.51. The second kappa shape index (κ2) is 10.5. The van der Waals surface area contributed by atoms with E-state index < -0.39 is 22.0 Å². The number of benzene rings is 1. The molecule has 1 saturated heterocycles. The Morgan fingerprint density at radius 2 is 1.86 bits per heavy atom. The number of anilines is 1. The van der Waals surface area contributed by atoms with Crippen LogP contribution in [0.1, 0.15) is 19.7 Å². The lowest BCUT2D eigenvalue weighted by molar-refractivity contribution is -0.119. The van der Waals surface area contributed by atoms with E-state index in [9.17, 15) is 13.2 Å². The number of carbonyl (C=O) groups excluding carboxylic acids is 1. The molecule has 188 valence electrons. The van der Waals surface area contributed by atoms with Crippen LogP contribution in [-0.2, 0) is 21.4 Å². The number of nitrogens with zero attached hydrogens (tertiary/aromatic N) is 4. The van der Waals surface area contributed by atoms with E-state index in [1.165, 1.54) is 10.4 Å². The van der Waals surface area contributed by atoms with Crippen molar-refractivity contribution in [2.45, 2.75) is 31.3 Å². The van der Waals surface area contributed by atoms with Gasteiger partial charge >= 0.3 is 0 Å². The van der Waals surface area contributed by atoms with Crippen molar-refractivity contribution in [2.24, 2.45) is 11.7 Å². The van der Waals surface area contributed by atoms with Gasteiger partial charge in [-0.3, -0.25) is 9.69 Å². The summed E-state index contributed by atoms with van der Waals surface area (Å²) in [4.78, 5) is 23.5. The molecular formula is C22H26Cl2N6O3S2. The van der Waals surface area contributed by atoms with Crippen LogP contribution >= 0.6 is 34.5 Å². The molecule has 1 amide bonds. The van der Waals surface area contributed by atoms with Gasteiger partial charge in [-0.05, 0) is 24.1 Å². The average Bonchev–Trinajstić information content (AvgIpc) is 3.16. The lowest BCUT2D eigenvalue weighted by Gasteiger charge is -2.33. The maximum absolute atomic E-state index is 13.0. The molecule has 1 aliphatic heterocycles. The molecule has 13 heteroatoms. The SMILES string of the molecule is CC(C)[C@H](Nc1nc(CN2CCN(S(=O)(=O)c3cc(Cl)sc3Cl)CC2)nc2ccccc12)C(N)=O. The van der Waals surface area contributed by atoms with Crippen molar-refractivity contribution in [1.82, 2.24) is 19.2 Å². The average molecular weight is 558 g/mol. The Morgan fingerprint density at radius 3 is 2.46 bits per heavy atom. The number of thiophene rings is 1. The van der Waals surface area contributed by atoms with Crippen molar-refractivity contribution >= 4 is 67.2 Å². The lowest BCUT2D eigenvalue weighted by Crippen LogP contribution is -2.48. The number of hydrogen-bond donors (Lipinski definition) is 2. The standard InChI is InChI=1S/C22H26Cl2N6O3S2/c1-13(2)19(21(25)31)28-22-14-5-3-4-6-15(14)26-18(27-22)12-29-7-9-30(10-8-29)35(32,33)16-11-17(23)34-20(16)24/h3-6,11,13,19H,7-10,12H2,1-2H3,(H2,25,31)(H,26,27,28)/t19-/m0/s1. The Balaban J connectivity index is 1.51. The quantitative estimate of drug-likeness (QED) is 0.435. The monoisotopic (exact) mass is 556 g/mol. The predicted molar refractivity (Wildman–Crippen MR) is 139 cm³/mol. The number of sulfonamides is 1. The number of para-hydroxylation sites is 1. The van der Waals surface area contributed by atoms with Crippen LogP contribution in [0.2, 0.25) is 8.67 Å². The molecule has 0 radical (unpaired) electrons. The highest BCUT2D eigenvalue weighted by Crippen LogP contribution is 2.36. The number of primary amides is 1. The molecule has 0 spiro atoms. The fourth-order valence-electron chi connectivity index (χ4n) is 3.99. The molecule has 0 aliphatic carbocycles. The Kier molecular flexibility index (Phi) is 7.84. The zero-order valence-electron chi connectivity index (χ0n) is 19.2. The Bertz CT molecular complexity index is 1340. The van der Waals surface area contributed by atoms with Gasteiger partial charge in [-0.2, -0.15) is 4.31 Å². The first-order chi connectivity index (χ1) is 16.6. The minimum absolute atomic E-state index is 0.0219. The van der Waals surface area contributed by atoms with Crippen molar-refractivity contribution in [3.05, 3.63) is 44.8 Å². The van der Waals surface area contributed by atoms with E-state index >= 15 is 0 Å². The van der Waals surface area contributed by atoms with Crippen molar-refractivity contribution < 1.29 is 13.2 Å². The Morgan fingerprint density at radius 1 is 1.17 bits per heavy atom. The van der Waals surface area contributed by atoms with Crippen LogP contribution in [0.5, 0.6) is 0 Å². The Hall–Kier alpha value is -2.02. The van der Waals surface area contributed by atoms with Crippen molar-refractivity contribution in [2.75, 3.05) is 31.5 Å². The number of aromatic nitrogens is 2. The first-order valence-corrected chi connectivity index (χ1v) is 14.1. The van der Waals surface area contributed by atoms with Gasteiger partial charge in [0.15, 0.2) is 0 Å². The molecule has 2 aromatic heterocycles. The molecule has 35 heavy (non-hydrogen) atoms.